The van der Waals surface area contributed by atoms with Crippen LogP contribution in [0.5, 0.6) is 5.88 Å². The van der Waals surface area contributed by atoms with Gasteiger partial charge < -0.3 is 10.5 Å². The molecule has 0 radical (unpaired) electrons. The molecule has 0 aromatic carbocycles. The molecule has 1 saturated carbocycles. The lowest BCUT2D eigenvalue weighted by atomic mass is 9.70. The van der Waals surface area contributed by atoms with E-state index in [0.29, 0.717) is 25.3 Å². The number of aromatic nitrogens is 1. The van der Waals surface area contributed by atoms with E-state index < -0.39 is 11.3 Å². The van der Waals surface area contributed by atoms with Crippen LogP contribution in [-0.4, -0.2) is 24.6 Å². The van der Waals surface area contributed by atoms with Crippen molar-refractivity contribution < 1.29 is 13.5 Å². The maximum absolute atomic E-state index is 13.3. The van der Waals surface area contributed by atoms with Crippen LogP contribution in [0.2, 0.25) is 0 Å². The number of alkyl halides is 2. The Labute approximate surface area is 105 Å². The van der Waals surface area contributed by atoms with E-state index in [1.54, 1.807) is 6.07 Å². The zero-order valence-electron chi connectivity index (χ0n) is 10.5. The quantitative estimate of drug-likeness (QED) is 0.903. The largest absolute Gasteiger partial charge is 0.481 e. The van der Waals surface area contributed by atoms with Crippen LogP contribution in [-0.2, 0) is 5.41 Å². The Kier molecular flexibility index (Phi) is 3.52. The summed E-state index contributed by atoms with van der Waals surface area (Å²) in [7, 11) is 1.54. The molecule has 2 rings (SSSR count). The Bertz CT molecular complexity index is 413. The molecule has 1 aliphatic rings. The van der Waals surface area contributed by atoms with Crippen molar-refractivity contribution >= 4 is 0 Å². The Morgan fingerprint density at radius 3 is 2.50 bits per heavy atom. The van der Waals surface area contributed by atoms with Gasteiger partial charge in [-0.15, -0.1) is 0 Å². The summed E-state index contributed by atoms with van der Waals surface area (Å²) in [5, 5.41) is 0. The lowest BCUT2D eigenvalue weighted by molar-refractivity contribution is -0.0514. The predicted octanol–water partition coefficient (Wildman–Crippen LogP) is 2.50. The number of ether oxygens (including phenoxy) is 1. The molecule has 18 heavy (non-hydrogen) atoms. The molecule has 1 heterocycles. The average Bonchev–Trinajstić information content (AvgIpc) is 2.39. The molecular formula is C13H18F2N2O. The number of nitrogens with zero attached hydrogens (tertiary/aromatic N) is 1. The zero-order chi connectivity index (χ0) is 13.2. The van der Waals surface area contributed by atoms with Crippen molar-refractivity contribution in [2.24, 2.45) is 5.73 Å². The van der Waals surface area contributed by atoms with Gasteiger partial charge in [0.05, 0.1) is 12.8 Å². The van der Waals surface area contributed by atoms with Gasteiger partial charge in [-0.25, -0.2) is 13.8 Å². The third-order valence-corrected chi connectivity index (χ3v) is 3.81. The van der Waals surface area contributed by atoms with Gasteiger partial charge in [0.1, 0.15) is 0 Å². The van der Waals surface area contributed by atoms with Gasteiger partial charge in [0.25, 0.3) is 0 Å². The van der Waals surface area contributed by atoms with Crippen molar-refractivity contribution in [3.8, 4) is 5.88 Å². The number of methoxy groups -OCH3 is 1. The number of hydrogen-bond acceptors (Lipinski definition) is 3. The number of pyridine rings is 1. The molecule has 2 N–H and O–H groups in total. The molecule has 0 spiro atoms. The third-order valence-electron chi connectivity index (χ3n) is 3.81. The highest BCUT2D eigenvalue weighted by molar-refractivity contribution is 5.24. The van der Waals surface area contributed by atoms with E-state index in [9.17, 15) is 8.78 Å². The molecule has 100 valence electrons. The minimum atomic E-state index is -2.56. The minimum absolute atomic E-state index is 0.122. The van der Waals surface area contributed by atoms with Gasteiger partial charge in [-0.2, -0.15) is 0 Å². The molecule has 0 saturated heterocycles. The Balaban J connectivity index is 2.27. The van der Waals surface area contributed by atoms with E-state index in [1.165, 1.54) is 7.11 Å². The molecule has 0 amide bonds. The van der Waals surface area contributed by atoms with Crippen LogP contribution in [0.25, 0.3) is 0 Å². The molecular weight excluding hydrogens is 238 g/mol. The highest BCUT2D eigenvalue weighted by Gasteiger charge is 2.44. The van der Waals surface area contributed by atoms with E-state index >= 15 is 0 Å². The summed E-state index contributed by atoms with van der Waals surface area (Å²) < 4.78 is 31.6. The molecule has 5 heteroatoms. The number of halogens is 2. The first-order chi connectivity index (χ1) is 8.51. The van der Waals surface area contributed by atoms with E-state index in [0.717, 1.165) is 5.69 Å². The monoisotopic (exact) mass is 256 g/mol. The Hall–Kier alpha value is -1.23. The van der Waals surface area contributed by atoms with E-state index in [1.807, 2.05) is 12.1 Å². The normalized spacial score (nSPS) is 21.6. The molecule has 1 fully saturated rings. The first kappa shape index (κ1) is 13.2. The summed E-state index contributed by atoms with van der Waals surface area (Å²) in [5.41, 5.74) is 6.15. The fourth-order valence-electron chi connectivity index (χ4n) is 2.48. The van der Waals surface area contributed by atoms with Gasteiger partial charge in [0.15, 0.2) is 0 Å². The second kappa shape index (κ2) is 4.80. The smallest absolute Gasteiger partial charge is 0.248 e. The van der Waals surface area contributed by atoms with Gasteiger partial charge in [-0.3, -0.25) is 0 Å². The Morgan fingerprint density at radius 1 is 1.28 bits per heavy atom. The molecule has 0 atom stereocenters. The molecule has 1 aromatic rings. The molecule has 0 aliphatic heterocycles. The van der Waals surface area contributed by atoms with Crippen LogP contribution >= 0.6 is 0 Å². The van der Waals surface area contributed by atoms with Crippen LogP contribution in [0.3, 0.4) is 0 Å². The molecule has 3 nitrogen and oxygen atoms in total. The van der Waals surface area contributed by atoms with Gasteiger partial charge in [0.2, 0.25) is 11.8 Å². The highest BCUT2D eigenvalue weighted by atomic mass is 19.3. The van der Waals surface area contributed by atoms with Crippen LogP contribution in [0, 0.1) is 0 Å². The molecule has 0 bridgehead atoms. The van der Waals surface area contributed by atoms with Gasteiger partial charge in [-0.05, 0) is 18.9 Å². The fraction of sp³-hybridized carbons (Fsp3) is 0.615. The standard InChI is InChI=1S/C13H18F2N2O/c1-18-11-4-2-3-10(17-11)12(9-16)5-7-13(14,15)8-6-12/h2-4H,5-9,16H2,1H3. The van der Waals surface area contributed by atoms with Gasteiger partial charge in [0, 0.05) is 30.9 Å². The molecule has 0 unspecified atom stereocenters. The highest BCUT2D eigenvalue weighted by Crippen LogP contribution is 2.44. The lowest BCUT2D eigenvalue weighted by Gasteiger charge is -2.38. The molecule has 1 aliphatic carbocycles. The minimum Gasteiger partial charge on any atom is -0.481 e. The van der Waals surface area contributed by atoms with Crippen LogP contribution in [0.1, 0.15) is 31.4 Å². The number of nitrogens with two attached hydrogens (primary N) is 1. The first-order valence-electron chi connectivity index (χ1n) is 6.11. The SMILES string of the molecule is COc1cccc(C2(CN)CCC(F)(F)CC2)n1. The summed E-state index contributed by atoms with van der Waals surface area (Å²) in [6.45, 7) is 0.337. The summed E-state index contributed by atoms with van der Waals surface area (Å²) >= 11 is 0. The van der Waals surface area contributed by atoms with Crippen molar-refractivity contribution in [3.05, 3.63) is 23.9 Å². The summed E-state index contributed by atoms with van der Waals surface area (Å²) in [5.74, 6) is -2.06. The third kappa shape index (κ3) is 2.46. The second-order valence-corrected chi connectivity index (χ2v) is 4.91. The van der Waals surface area contributed by atoms with Crippen molar-refractivity contribution in [1.29, 1.82) is 0 Å². The maximum atomic E-state index is 13.3. The van der Waals surface area contributed by atoms with E-state index in [4.69, 9.17) is 10.5 Å². The number of rotatable bonds is 3. The summed E-state index contributed by atoms with van der Waals surface area (Å²) in [6.07, 6.45) is 0.500. The van der Waals surface area contributed by atoms with Crippen molar-refractivity contribution in [2.45, 2.75) is 37.0 Å². The maximum Gasteiger partial charge on any atom is 0.248 e. The Morgan fingerprint density at radius 2 is 1.94 bits per heavy atom. The van der Waals surface area contributed by atoms with Crippen molar-refractivity contribution in [1.82, 2.24) is 4.98 Å². The van der Waals surface area contributed by atoms with Crippen LogP contribution in [0.15, 0.2) is 18.2 Å². The first-order valence-corrected chi connectivity index (χ1v) is 6.11. The molecule has 1 aromatic heterocycles. The zero-order valence-corrected chi connectivity index (χ0v) is 10.5. The fourth-order valence-corrected chi connectivity index (χ4v) is 2.48. The lowest BCUT2D eigenvalue weighted by Crippen LogP contribution is -2.42. The summed E-state index contributed by atoms with van der Waals surface area (Å²) in [4.78, 5) is 4.36. The van der Waals surface area contributed by atoms with Crippen LogP contribution < -0.4 is 10.5 Å². The van der Waals surface area contributed by atoms with Gasteiger partial charge in [-0.1, -0.05) is 6.07 Å². The second-order valence-electron chi connectivity index (χ2n) is 4.91. The van der Waals surface area contributed by atoms with Crippen LogP contribution in [0.4, 0.5) is 8.78 Å². The predicted molar refractivity (Wildman–Crippen MR) is 64.9 cm³/mol. The van der Waals surface area contributed by atoms with Crippen molar-refractivity contribution in [3.63, 3.8) is 0 Å². The van der Waals surface area contributed by atoms with E-state index in [-0.39, 0.29) is 12.8 Å². The van der Waals surface area contributed by atoms with Gasteiger partial charge >= 0.3 is 0 Å². The number of hydrogen-bond donors (Lipinski definition) is 1. The van der Waals surface area contributed by atoms with Crippen molar-refractivity contribution in [2.75, 3.05) is 13.7 Å². The van der Waals surface area contributed by atoms with E-state index in [2.05, 4.69) is 4.98 Å². The average molecular weight is 256 g/mol. The topological polar surface area (TPSA) is 48.1 Å². The summed E-state index contributed by atoms with van der Waals surface area (Å²) in [6, 6.07) is 5.41.